The number of amides is 2. The smallest absolute Gasteiger partial charge is 0.257 e. The van der Waals surface area contributed by atoms with Gasteiger partial charge >= 0.3 is 0 Å². The van der Waals surface area contributed by atoms with Gasteiger partial charge in [-0.25, -0.2) is 0 Å². The first-order valence-corrected chi connectivity index (χ1v) is 10.7. The Balaban J connectivity index is 1.68. The van der Waals surface area contributed by atoms with E-state index in [0.717, 1.165) is 35.2 Å². The molecule has 0 aliphatic carbocycles. The minimum atomic E-state index is -0.675. The fourth-order valence-corrected chi connectivity index (χ4v) is 4.66. The summed E-state index contributed by atoms with van der Waals surface area (Å²) in [5, 5.41) is 9.68. The molecule has 1 aliphatic heterocycles. The van der Waals surface area contributed by atoms with Crippen LogP contribution >= 0.6 is 0 Å². The summed E-state index contributed by atoms with van der Waals surface area (Å²) < 4.78 is 0. The fraction of sp³-hybridized carbons (Fsp3) is 0.320. The van der Waals surface area contributed by atoms with E-state index in [4.69, 9.17) is 0 Å². The summed E-state index contributed by atoms with van der Waals surface area (Å²) >= 11 is 0. The molecule has 0 bridgehead atoms. The molecule has 1 aromatic heterocycles. The first kappa shape index (κ1) is 20.8. The minimum absolute atomic E-state index is 0.0169. The first-order chi connectivity index (χ1) is 15.0. The Kier molecular flexibility index (Phi) is 5.89. The summed E-state index contributed by atoms with van der Waals surface area (Å²) in [6, 6.07) is 18.4. The molecule has 6 heteroatoms. The fourth-order valence-electron chi connectivity index (χ4n) is 4.66. The summed E-state index contributed by atoms with van der Waals surface area (Å²) in [4.78, 5) is 28.2. The zero-order chi connectivity index (χ0) is 21.8. The SMILES string of the molecule is CNC(=O)[C@@]1(Cc2ccccc2-c2ccccc2)CCCN(C(=O)c2cn[nH]c2C)C1. The number of hydrogen-bond acceptors (Lipinski definition) is 3. The number of nitrogens with one attached hydrogen (secondary N) is 2. The number of carbonyl (C=O) groups is 2. The normalized spacial score (nSPS) is 18.6. The van der Waals surface area contributed by atoms with Crippen LogP contribution < -0.4 is 5.32 Å². The van der Waals surface area contributed by atoms with Gasteiger partial charge in [-0.3, -0.25) is 14.7 Å². The maximum Gasteiger partial charge on any atom is 0.257 e. The average molecular weight is 417 g/mol. The monoisotopic (exact) mass is 416 g/mol. The van der Waals surface area contributed by atoms with Crippen molar-refractivity contribution in [1.29, 1.82) is 0 Å². The number of aromatic nitrogens is 2. The molecule has 6 nitrogen and oxygen atoms in total. The third-order valence-corrected chi connectivity index (χ3v) is 6.26. The van der Waals surface area contributed by atoms with Crippen molar-refractivity contribution in [3.05, 3.63) is 77.6 Å². The molecule has 2 N–H and O–H groups in total. The van der Waals surface area contributed by atoms with Crippen LogP contribution in [0.5, 0.6) is 0 Å². The van der Waals surface area contributed by atoms with E-state index < -0.39 is 5.41 Å². The molecule has 0 saturated carbocycles. The van der Waals surface area contributed by atoms with Gasteiger partial charge in [0.15, 0.2) is 0 Å². The predicted molar refractivity (Wildman–Crippen MR) is 121 cm³/mol. The van der Waals surface area contributed by atoms with Crippen LogP contribution in [-0.2, 0) is 11.2 Å². The molecule has 3 aromatic rings. The van der Waals surface area contributed by atoms with Crippen LogP contribution in [0.3, 0.4) is 0 Å². The lowest BCUT2D eigenvalue weighted by molar-refractivity contribution is -0.133. The molecule has 4 rings (SSSR count). The molecule has 0 radical (unpaired) electrons. The van der Waals surface area contributed by atoms with E-state index in [9.17, 15) is 9.59 Å². The average Bonchev–Trinajstić information content (AvgIpc) is 3.25. The number of aromatic amines is 1. The lowest BCUT2D eigenvalue weighted by atomic mass is 9.73. The first-order valence-electron chi connectivity index (χ1n) is 10.7. The highest BCUT2D eigenvalue weighted by atomic mass is 16.2. The van der Waals surface area contributed by atoms with Crippen LogP contribution in [0.4, 0.5) is 0 Å². The maximum absolute atomic E-state index is 13.2. The van der Waals surface area contributed by atoms with Crippen molar-refractivity contribution in [2.24, 2.45) is 5.41 Å². The van der Waals surface area contributed by atoms with Crippen molar-refractivity contribution >= 4 is 11.8 Å². The summed E-state index contributed by atoms with van der Waals surface area (Å²) in [5.74, 6) is -0.0904. The van der Waals surface area contributed by atoms with E-state index >= 15 is 0 Å². The maximum atomic E-state index is 13.2. The van der Waals surface area contributed by atoms with Crippen LogP contribution in [0.2, 0.25) is 0 Å². The second-order valence-corrected chi connectivity index (χ2v) is 8.30. The minimum Gasteiger partial charge on any atom is -0.359 e. The number of rotatable bonds is 5. The molecule has 160 valence electrons. The van der Waals surface area contributed by atoms with E-state index in [1.165, 1.54) is 0 Å². The van der Waals surface area contributed by atoms with Crippen molar-refractivity contribution in [2.75, 3.05) is 20.1 Å². The second kappa shape index (κ2) is 8.76. The van der Waals surface area contributed by atoms with Crippen LogP contribution in [0.25, 0.3) is 11.1 Å². The largest absolute Gasteiger partial charge is 0.359 e. The van der Waals surface area contributed by atoms with Crippen molar-refractivity contribution in [3.8, 4) is 11.1 Å². The van der Waals surface area contributed by atoms with Gasteiger partial charge in [-0.2, -0.15) is 5.10 Å². The second-order valence-electron chi connectivity index (χ2n) is 8.30. The highest BCUT2D eigenvalue weighted by molar-refractivity contribution is 5.95. The molecular formula is C25H28N4O2. The molecule has 2 aromatic carbocycles. The highest BCUT2D eigenvalue weighted by Crippen LogP contribution is 2.37. The molecule has 1 aliphatic rings. The number of likely N-dealkylation sites (tertiary alicyclic amines) is 1. The predicted octanol–water partition coefficient (Wildman–Crippen LogP) is 3.60. The summed E-state index contributed by atoms with van der Waals surface area (Å²) in [7, 11) is 1.67. The highest BCUT2D eigenvalue weighted by Gasteiger charge is 2.43. The number of nitrogens with zero attached hydrogens (tertiary/aromatic N) is 2. The number of carbonyl (C=O) groups excluding carboxylic acids is 2. The topological polar surface area (TPSA) is 78.1 Å². The van der Waals surface area contributed by atoms with Crippen molar-refractivity contribution in [1.82, 2.24) is 20.4 Å². The molecule has 1 fully saturated rings. The third-order valence-electron chi connectivity index (χ3n) is 6.26. The van der Waals surface area contributed by atoms with Gasteiger partial charge in [0.1, 0.15) is 0 Å². The van der Waals surface area contributed by atoms with E-state index in [2.05, 4.69) is 39.8 Å². The molecular weight excluding hydrogens is 388 g/mol. The van der Waals surface area contributed by atoms with Gasteiger partial charge in [0.2, 0.25) is 5.91 Å². The number of piperidine rings is 1. The van der Waals surface area contributed by atoms with Crippen LogP contribution in [0, 0.1) is 12.3 Å². The third kappa shape index (κ3) is 4.10. The molecule has 2 amide bonds. The number of benzene rings is 2. The molecule has 1 atom stereocenters. The van der Waals surface area contributed by atoms with Crippen LogP contribution in [-0.4, -0.2) is 47.0 Å². The van der Waals surface area contributed by atoms with E-state index in [0.29, 0.717) is 25.1 Å². The molecule has 0 spiro atoms. The zero-order valence-corrected chi connectivity index (χ0v) is 18.0. The number of hydrogen-bond donors (Lipinski definition) is 2. The standard InChI is InChI=1S/C25H28N4O2/c1-18-22(16-27-28-18)23(30)29-14-8-13-25(17-29,24(31)26-2)15-20-11-6-7-12-21(20)19-9-4-3-5-10-19/h3-7,9-12,16H,8,13-15,17H2,1-2H3,(H,26,31)(H,27,28)/t25-/m1/s1. The lowest BCUT2D eigenvalue weighted by Gasteiger charge is -2.42. The summed E-state index contributed by atoms with van der Waals surface area (Å²) in [6.07, 6.45) is 3.66. The Bertz CT molecular complexity index is 1080. The Labute approximate surface area is 182 Å². The van der Waals surface area contributed by atoms with Crippen LogP contribution in [0.1, 0.15) is 34.5 Å². The van der Waals surface area contributed by atoms with Gasteiger partial charge in [0, 0.05) is 25.8 Å². The lowest BCUT2D eigenvalue weighted by Crippen LogP contribution is -2.54. The Hall–Kier alpha value is -3.41. The van der Waals surface area contributed by atoms with Gasteiger partial charge in [0.05, 0.1) is 17.2 Å². The molecule has 0 unspecified atom stereocenters. The molecule has 31 heavy (non-hydrogen) atoms. The van der Waals surface area contributed by atoms with Crippen molar-refractivity contribution in [2.45, 2.75) is 26.2 Å². The molecule has 1 saturated heterocycles. The van der Waals surface area contributed by atoms with Crippen molar-refractivity contribution < 1.29 is 9.59 Å². The van der Waals surface area contributed by atoms with Crippen LogP contribution in [0.15, 0.2) is 60.8 Å². The number of aryl methyl sites for hydroxylation is 1. The van der Waals surface area contributed by atoms with E-state index in [-0.39, 0.29) is 11.8 Å². The van der Waals surface area contributed by atoms with Gasteiger partial charge in [0.25, 0.3) is 5.91 Å². The van der Waals surface area contributed by atoms with Gasteiger partial charge in [-0.1, -0.05) is 54.6 Å². The van der Waals surface area contributed by atoms with Gasteiger partial charge in [-0.15, -0.1) is 0 Å². The number of H-pyrrole nitrogens is 1. The Morgan fingerprint density at radius 1 is 1.13 bits per heavy atom. The summed E-state index contributed by atoms with van der Waals surface area (Å²) in [5.41, 5.74) is 4.01. The zero-order valence-electron chi connectivity index (χ0n) is 18.0. The van der Waals surface area contributed by atoms with Gasteiger partial charge < -0.3 is 10.2 Å². The van der Waals surface area contributed by atoms with E-state index in [1.54, 1.807) is 13.2 Å². The quantitative estimate of drug-likeness (QED) is 0.667. The van der Waals surface area contributed by atoms with E-state index in [1.807, 2.05) is 42.2 Å². The Morgan fingerprint density at radius 2 is 1.87 bits per heavy atom. The molecule has 2 heterocycles. The van der Waals surface area contributed by atoms with Crippen molar-refractivity contribution in [3.63, 3.8) is 0 Å². The summed E-state index contributed by atoms with van der Waals surface area (Å²) in [6.45, 7) is 2.87. The van der Waals surface area contributed by atoms with Gasteiger partial charge in [-0.05, 0) is 42.9 Å². The Morgan fingerprint density at radius 3 is 2.58 bits per heavy atom.